The van der Waals surface area contributed by atoms with Gasteiger partial charge in [0.1, 0.15) is 0 Å². The average Bonchev–Trinajstić information content (AvgIpc) is 2.83. The normalized spacial score (nSPS) is 13.1. The summed E-state index contributed by atoms with van der Waals surface area (Å²) in [4.78, 5) is 0. The number of nitrogens with zero attached hydrogens (tertiary/aromatic N) is 1. The van der Waals surface area contributed by atoms with Crippen molar-refractivity contribution >= 4 is 0 Å². The Morgan fingerprint density at radius 3 is 1.06 bits per heavy atom. The summed E-state index contributed by atoms with van der Waals surface area (Å²) in [7, 11) is 0. The Kier molecular flexibility index (Phi) is 28.3. The maximum absolute atomic E-state index is 8.53. The zero-order valence-electron chi connectivity index (χ0n) is 24.2. The van der Waals surface area contributed by atoms with Gasteiger partial charge < -0.3 is 0 Å². The van der Waals surface area contributed by atoms with E-state index in [9.17, 15) is 0 Å². The molecule has 1 nitrogen and oxygen atoms in total. The Morgan fingerprint density at radius 1 is 0.412 bits per heavy atom. The lowest BCUT2D eigenvalue weighted by molar-refractivity contribution is 0.390. The molecule has 0 amide bonds. The van der Waals surface area contributed by atoms with Gasteiger partial charge in [-0.3, -0.25) is 0 Å². The lowest BCUT2D eigenvalue weighted by atomic mass is 9.92. The molecular weight excluding hydrogens is 410 g/mol. The van der Waals surface area contributed by atoms with E-state index in [0.29, 0.717) is 0 Å². The predicted octanol–water partition coefficient (Wildman–Crippen LogP) is 12.3. The Bertz CT molecular complexity index is 409. The largest absolute Gasteiger partial charge is 0.198 e. The van der Waals surface area contributed by atoms with Crippen LogP contribution in [-0.4, -0.2) is 0 Å². The van der Waals surface area contributed by atoms with Gasteiger partial charge in [-0.15, -0.1) is 0 Å². The van der Waals surface area contributed by atoms with E-state index in [-0.39, 0.29) is 0 Å². The number of hydrogen-bond acceptors (Lipinski definition) is 1. The van der Waals surface area contributed by atoms with Crippen LogP contribution in [0.1, 0.15) is 194 Å². The van der Waals surface area contributed by atoms with E-state index >= 15 is 0 Å². The van der Waals surface area contributed by atoms with Crippen molar-refractivity contribution in [2.45, 2.75) is 194 Å². The first-order valence-electron chi connectivity index (χ1n) is 16.1. The average molecular weight is 476 g/mol. The third-order valence-electron chi connectivity index (χ3n) is 7.93. The standard InChI is InChI=1S/C33H65N/c1-4-5-6-7-8-17-20-23-27-32(2)29-26-30-33(3)28-24-21-18-15-13-11-9-10-12-14-16-19-22-25-31-34/h32-33H,4-30H2,1-3H3. The fourth-order valence-electron chi connectivity index (χ4n) is 5.37. The van der Waals surface area contributed by atoms with Gasteiger partial charge in [0, 0.05) is 6.42 Å². The molecule has 0 aromatic heterocycles. The van der Waals surface area contributed by atoms with E-state index in [0.717, 1.165) is 24.7 Å². The molecule has 0 heterocycles. The fourth-order valence-corrected chi connectivity index (χ4v) is 5.37. The van der Waals surface area contributed by atoms with Crippen molar-refractivity contribution in [3.8, 4) is 6.07 Å². The molecule has 0 aliphatic rings. The third-order valence-corrected chi connectivity index (χ3v) is 7.93. The fraction of sp³-hybridized carbons (Fsp3) is 0.970. The Balaban J connectivity index is 3.26. The highest BCUT2D eigenvalue weighted by atomic mass is 14.2. The molecule has 0 fully saturated rings. The molecule has 0 saturated carbocycles. The molecule has 2 atom stereocenters. The second-order valence-corrected chi connectivity index (χ2v) is 11.7. The molecule has 0 spiro atoms. The third kappa shape index (κ3) is 27.7. The summed E-state index contributed by atoms with van der Waals surface area (Å²) < 4.78 is 0. The van der Waals surface area contributed by atoms with E-state index in [1.807, 2.05) is 0 Å². The molecule has 1 heteroatoms. The predicted molar refractivity (Wildman–Crippen MR) is 154 cm³/mol. The first-order valence-corrected chi connectivity index (χ1v) is 16.1. The van der Waals surface area contributed by atoms with Crippen molar-refractivity contribution in [3.63, 3.8) is 0 Å². The molecule has 0 aliphatic heterocycles. The molecule has 2 unspecified atom stereocenters. The van der Waals surface area contributed by atoms with Crippen LogP contribution in [0, 0.1) is 23.2 Å². The van der Waals surface area contributed by atoms with Crippen molar-refractivity contribution < 1.29 is 0 Å². The van der Waals surface area contributed by atoms with Crippen molar-refractivity contribution in [2.75, 3.05) is 0 Å². The molecule has 0 bridgehead atoms. The van der Waals surface area contributed by atoms with Gasteiger partial charge in [-0.05, 0) is 18.3 Å². The van der Waals surface area contributed by atoms with Crippen LogP contribution in [0.5, 0.6) is 0 Å². The number of unbranched alkanes of at least 4 members (excludes halogenated alkanes) is 20. The highest BCUT2D eigenvalue weighted by molar-refractivity contribution is 4.67. The van der Waals surface area contributed by atoms with Gasteiger partial charge >= 0.3 is 0 Å². The SMILES string of the molecule is CCCCCCCCCCC(C)CCCC(C)CCCCCCCCCCCCCCCC#N. The molecule has 34 heavy (non-hydrogen) atoms. The Labute approximate surface area is 217 Å². The van der Waals surface area contributed by atoms with Crippen LogP contribution in [0.3, 0.4) is 0 Å². The smallest absolute Gasteiger partial charge is 0.0621 e. The summed E-state index contributed by atoms with van der Waals surface area (Å²) in [5, 5.41) is 8.53. The quantitative estimate of drug-likeness (QED) is 0.103. The van der Waals surface area contributed by atoms with Gasteiger partial charge in [-0.25, -0.2) is 0 Å². The van der Waals surface area contributed by atoms with E-state index in [4.69, 9.17) is 5.26 Å². The van der Waals surface area contributed by atoms with E-state index in [2.05, 4.69) is 26.8 Å². The molecule has 0 aromatic carbocycles. The van der Waals surface area contributed by atoms with Crippen LogP contribution >= 0.6 is 0 Å². The summed E-state index contributed by atoms with van der Waals surface area (Å²) in [6.45, 7) is 7.29. The second kappa shape index (κ2) is 28.7. The van der Waals surface area contributed by atoms with Crippen LogP contribution in [0.25, 0.3) is 0 Å². The minimum Gasteiger partial charge on any atom is -0.198 e. The highest BCUT2D eigenvalue weighted by Gasteiger charge is 2.06. The Hall–Kier alpha value is -0.510. The first-order chi connectivity index (χ1) is 16.7. The van der Waals surface area contributed by atoms with Crippen molar-refractivity contribution in [3.05, 3.63) is 0 Å². The lowest BCUT2D eigenvalue weighted by Crippen LogP contribution is -1.99. The highest BCUT2D eigenvalue weighted by Crippen LogP contribution is 2.22. The van der Waals surface area contributed by atoms with E-state index < -0.39 is 0 Å². The summed E-state index contributed by atoms with van der Waals surface area (Å²) in [5.74, 6) is 1.89. The molecule has 202 valence electrons. The van der Waals surface area contributed by atoms with Crippen molar-refractivity contribution in [1.29, 1.82) is 5.26 Å². The zero-order chi connectivity index (χ0) is 25.0. The zero-order valence-corrected chi connectivity index (χ0v) is 24.2. The molecule has 0 N–H and O–H groups in total. The minimum atomic E-state index is 0.748. The van der Waals surface area contributed by atoms with Gasteiger partial charge in [0.25, 0.3) is 0 Å². The topological polar surface area (TPSA) is 23.8 Å². The minimum absolute atomic E-state index is 0.748. The summed E-state index contributed by atoms with van der Waals surface area (Å²) in [6, 6.07) is 2.24. The van der Waals surface area contributed by atoms with Crippen LogP contribution in [0.2, 0.25) is 0 Å². The summed E-state index contributed by atoms with van der Waals surface area (Å²) in [6.07, 6.45) is 37.7. The maximum Gasteiger partial charge on any atom is 0.0621 e. The van der Waals surface area contributed by atoms with Crippen LogP contribution in [0.15, 0.2) is 0 Å². The van der Waals surface area contributed by atoms with Crippen molar-refractivity contribution in [2.24, 2.45) is 11.8 Å². The second-order valence-electron chi connectivity index (χ2n) is 11.7. The van der Waals surface area contributed by atoms with E-state index in [1.165, 1.54) is 161 Å². The van der Waals surface area contributed by atoms with Gasteiger partial charge in [0.15, 0.2) is 0 Å². The Morgan fingerprint density at radius 2 is 0.706 bits per heavy atom. The van der Waals surface area contributed by atoms with Crippen molar-refractivity contribution in [1.82, 2.24) is 0 Å². The molecular formula is C33H65N. The molecule has 0 rings (SSSR count). The van der Waals surface area contributed by atoms with Crippen LogP contribution < -0.4 is 0 Å². The van der Waals surface area contributed by atoms with Gasteiger partial charge in [-0.2, -0.15) is 5.26 Å². The lowest BCUT2D eigenvalue weighted by Gasteiger charge is -2.14. The van der Waals surface area contributed by atoms with Crippen LogP contribution in [0.4, 0.5) is 0 Å². The molecule has 0 radical (unpaired) electrons. The van der Waals surface area contributed by atoms with Gasteiger partial charge in [0.05, 0.1) is 6.07 Å². The number of rotatable bonds is 28. The van der Waals surface area contributed by atoms with Crippen LogP contribution in [-0.2, 0) is 0 Å². The van der Waals surface area contributed by atoms with E-state index in [1.54, 1.807) is 0 Å². The maximum atomic E-state index is 8.53. The first kappa shape index (κ1) is 33.5. The summed E-state index contributed by atoms with van der Waals surface area (Å²) in [5.41, 5.74) is 0. The molecule has 0 aliphatic carbocycles. The molecule has 0 aromatic rings. The number of hydrogen-bond donors (Lipinski definition) is 0. The monoisotopic (exact) mass is 476 g/mol. The van der Waals surface area contributed by atoms with Gasteiger partial charge in [0.2, 0.25) is 0 Å². The van der Waals surface area contributed by atoms with Gasteiger partial charge in [-0.1, -0.05) is 181 Å². The number of nitriles is 1. The summed E-state index contributed by atoms with van der Waals surface area (Å²) >= 11 is 0. The molecule has 0 saturated heterocycles.